The Bertz CT molecular complexity index is 1390. The van der Waals surface area contributed by atoms with Crippen molar-refractivity contribution in [2.45, 2.75) is 111 Å². The maximum absolute atomic E-state index is 13.0. The van der Waals surface area contributed by atoms with Crippen LogP contribution < -0.4 is 5.32 Å². The van der Waals surface area contributed by atoms with E-state index < -0.39 is 11.5 Å². The first-order valence-corrected chi connectivity index (χ1v) is 18.5. The number of carbonyl (C=O) groups excluding carboxylic acids is 2. The van der Waals surface area contributed by atoms with Gasteiger partial charge in [-0.2, -0.15) is 0 Å². The number of hydrogen-bond acceptors (Lipinski definition) is 4. The van der Waals surface area contributed by atoms with Crippen LogP contribution in [0.3, 0.4) is 0 Å². The van der Waals surface area contributed by atoms with Crippen LogP contribution in [0.1, 0.15) is 122 Å². The van der Waals surface area contributed by atoms with E-state index >= 15 is 0 Å². The first-order valence-electron chi connectivity index (χ1n) is 17.7. The van der Waals surface area contributed by atoms with E-state index in [-0.39, 0.29) is 29.6 Å². The molecule has 1 aliphatic rings. The van der Waals surface area contributed by atoms with Crippen LogP contribution in [0, 0.1) is 23.2 Å². The van der Waals surface area contributed by atoms with Gasteiger partial charge in [0.05, 0.1) is 12.0 Å². The van der Waals surface area contributed by atoms with Crippen molar-refractivity contribution in [2.75, 3.05) is 6.54 Å². The van der Waals surface area contributed by atoms with E-state index in [0.29, 0.717) is 17.4 Å². The molecule has 3 aromatic carbocycles. The molecule has 1 aliphatic carbocycles. The van der Waals surface area contributed by atoms with E-state index in [4.69, 9.17) is 23.2 Å². The van der Waals surface area contributed by atoms with Crippen molar-refractivity contribution < 1.29 is 14.7 Å². The average Bonchev–Trinajstić information content (AvgIpc) is 3.06. The lowest BCUT2D eigenvalue weighted by molar-refractivity contribution is -0.127. The van der Waals surface area contributed by atoms with Gasteiger partial charge < -0.3 is 10.4 Å². The monoisotopic (exact) mass is 693 g/mol. The summed E-state index contributed by atoms with van der Waals surface area (Å²) in [7, 11) is 0. The van der Waals surface area contributed by atoms with Gasteiger partial charge in [-0.1, -0.05) is 145 Å². The molecule has 2 unspecified atom stereocenters. The number of aliphatic hydroxyl groups is 1. The number of nitrogens with one attached hydrogen (secondary N) is 1. The topological polar surface area (TPSA) is 66.4 Å². The molecular weight excluding hydrogens is 637 g/mol. The van der Waals surface area contributed by atoms with Crippen LogP contribution >= 0.6 is 23.2 Å². The maximum atomic E-state index is 13.0. The normalized spacial score (nSPS) is 19.1. The molecule has 4 rings (SSSR count). The van der Waals surface area contributed by atoms with Gasteiger partial charge in [0.2, 0.25) is 0 Å². The second-order valence-corrected chi connectivity index (χ2v) is 16.0. The first kappa shape index (κ1) is 39.9. The van der Waals surface area contributed by atoms with Gasteiger partial charge in [-0.15, -0.1) is 0 Å². The molecular formula is C42H57Cl2NO3. The van der Waals surface area contributed by atoms with E-state index in [0.717, 1.165) is 40.0 Å². The van der Waals surface area contributed by atoms with Gasteiger partial charge in [-0.3, -0.25) is 9.59 Å². The highest BCUT2D eigenvalue weighted by molar-refractivity contribution is 6.30. The molecule has 0 saturated heterocycles. The lowest BCUT2D eigenvalue weighted by Gasteiger charge is -2.28. The quantitative estimate of drug-likeness (QED) is 0.187. The van der Waals surface area contributed by atoms with Crippen molar-refractivity contribution in [3.05, 3.63) is 106 Å². The van der Waals surface area contributed by atoms with Crippen molar-refractivity contribution in [2.24, 2.45) is 23.2 Å². The molecule has 0 amide bonds. The molecule has 3 aromatic rings. The van der Waals surface area contributed by atoms with E-state index in [9.17, 15) is 14.7 Å². The zero-order chi connectivity index (χ0) is 35.4. The largest absolute Gasteiger partial charge is 0.387 e. The summed E-state index contributed by atoms with van der Waals surface area (Å²) in [5.41, 5.74) is 2.47. The zero-order valence-corrected chi connectivity index (χ0v) is 31.5. The molecule has 0 bridgehead atoms. The van der Waals surface area contributed by atoms with Crippen LogP contribution in [0.25, 0.3) is 0 Å². The van der Waals surface area contributed by atoms with Gasteiger partial charge in [0, 0.05) is 39.9 Å². The van der Waals surface area contributed by atoms with Crippen LogP contribution in [0.5, 0.6) is 0 Å². The predicted molar refractivity (Wildman–Crippen MR) is 202 cm³/mol. The minimum atomic E-state index is -0.633. The van der Waals surface area contributed by atoms with Crippen LogP contribution in [-0.4, -0.2) is 29.3 Å². The molecule has 4 atom stereocenters. The Balaban J connectivity index is 0.000000264. The SMILES string of the molecule is CC1CCC(CCC(C(=O)C(C)C)c2ccc(Cl)cc2)CC1.C[C@@H](NCC(C(=O)C(C)(C)C)c1ccc(Cl)cc1)[C@@H](O)c1ccccc1. The molecule has 0 spiro atoms. The number of halogens is 2. The second kappa shape index (κ2) is 19.0. The molecule has 0 aliphatic heterocycles. The van der Waals surface area contributed by atoms with Gasteiger partial charge in [-0.05, 0) is 72.6 Å². The number of hydrogen-bond donors (Lipinski definition) is 2. The highest BCUT2D eigenvalue weighted by atomic mass is 35.5. The summed E-state index contributed by atoms with van der Waals surface area (Å²) < 4.78 is 0. The Morgan fingerprint density at radius 1 is 0.771 bits per heavy atom. The predicted octanol–water partition coefficient (Wildman–Crippen LogP) is 11.0. The molecule has 0 radical (unpaired) electrons. The number of aliphatic hydroxyl groups excluding tert-OH is 1. The Labute approximate surface area is 300 Å². The summed E-state index contributed by atoms with van der Waals surface area (Å²) in [6.07, 6.45) is 6.92. The molecule has 1 fully saturated rings. The molecule has 0 aromatic heterocycles. The summed E-state index contributed by atoms with van der Waals surface area (Å²) in [4.78, 5) is 25.6. The maximum Gasteiger partial charge on any atom is 0.146 e. The number of Topliss-reactive ketones (excluding diaryl/α,β-unsaturated/α-hetero) is 2. The second-order valence-electron chi connectivity index (χ2n) is 15.1. The van der Waals surface area contributed by atoms with Crippen LogP contribution in [0.15, 0.2) is 78.9 Å². The molecule has 2 N–H and O–H groups in total. The van der Waals surface area contributed by atoms with Crippen molar-refractivity contribution in [1.29, 1.82) is 0 Å². The third kappa shape index (κ3) is 12.4. The standard InChI is InChI=1S/C22H28ClNO2.C20H29ClO/c1-15(20(25)17-8-6-5-7-9-17)24-14-19(21(26)22(2,3)4)16-10-12-18(23)13-11-16;1-14(2)20(22)19(17-9-11-18(21)12-10-17)13-8-16-6-4-15(3)5-7-16/h5-13,15,19-20,24-25H,14H2,1-4H3;9-12,14-16,19H,4-8,13H2,1-3H3/t15-,19?,20-;/m1./s1. The van der Waals surface area contributed by atoms with Crippen LogP contribution in [0.2, 0.25) is 10.0 Å². The summed E-state index contributed by atoms with van der Waals surface area (Å²) >= 11 is 12.0. The summed E-state index contributed by atoms with van der Waals surface area (Å²) in [5, 5.41) is 15.3. The fourth-order valence-corrected chi connectivity index (χ4v) is 6.78. The Morgan fingerprint density at radius 2 is 1.27 bits per heavy atom. The third-order valence-electron chi connectivity index (χ3n) is 9.77. The van der Waals surface area contributed by atoms with E-state index in [1.807, 2.05) is 120 Å². The van der Waals surface area contributed by atoms with Crippen LogP contribution in [-0.2, 0) is 9.59 Å². The summed E-state index contributed by atoms with van der Waals surface area (Å²) in [5.74, 6) is 2.06. The zero-order valence-electron chi connectivity index (χ0n) is 30.0. The number of carbonyl (C=O) groups is 2. The van der Waals surface area contributed by atoms with Gasteiger partial charge >= 0.3 is 0 Å². The number of rotatable bonds is 13. The van der Waals surface area contributed by atoms with Crippen molar-refractivity contribution in [1.82, 2.24) is 5.32 Å². The molecule has 4 nitrogen and oxygen atoms in total. The number of benzene rings is 3. The Hall–Kier alpha value is -2.50. The van der Waals surface area contributed by atoms with Crippen molar-refractivity contribution >= 4 is 34.8 Å². The Kier molecular flexibility index (Phi) is 15.8. The van der Waals surface area contributed by atoms with Gasteiger partial charge in [-0.25, -0.2) is 0 Å². The molecule has 0 heterocycles. The molecule has 6 heteroatoms. The Morgan fingerprint density at radius 3 is 1.75 bits per heavy atom. The first-order chi connectivity index (χ1) is 22.7. The molecule has 48 heavy (non-hydrogen) atoms. The highest BCUT2D eigenvalue weighted by Crippen LogP contribution is 2.35. The lowest BCUT2D eigenvalue weighted by Crippen LogP contribution is -2.39. The van der Waals surface area contributed by atoms with E-state index in [2.05, 4.69) is 12.2 Å². The van der Waals surface area contributed by atoms with E-state index in [1.54, 1.807) is 0 Å². The smallest absolute Gasteiger partial charge is 0.146 e. The summed E-state index contributed by atoms with van der Waals surface area (Å²) in [6.45, 7) is 14.6. The summed E-state index contributed by atoms with van der Waals surface area (Å²) in [6, 6.07) is 24.6. The molecule has 1 saturated carbocycles. The van der Waals surface area contributed by atoms with Crippen molar-refractivity contribution in [3.63, 3.8) is 0 Å². The van der Waals surface area contributed by atoms with Gasteiger partial charge in [0.15, 0.2) is 0 Å². The van der Waals surface area contributed by atoms with Gasteiger partial charge in [0.1, 0.15) is 11.6 Å². The number of ketones is 2. The van der Waals surface area contributed by atoms with Crippen LogP contribution in [0.4, 0.5) is 0 Å². The van der Waals surface area contributed by atoms with Crippen molar-refractivity contribution in [3.8, 4) is 0 Å². The average molecular weight is 695 g/mol. The van der Waals surface area contributed by atoms with E-state index in [1.165, 1.54) is 32.1 Å². The molecule has 262 valence electrons. The fourth-order valence-electron chi connectivity index (χ4n) is 6.52. The third-order valence-corrected chi connectivity index (χ3v) is 10.3. The fraction of sp³-hybridized carbons (Fsp3) is 0.524. The highest BCUT2D eigenvalue weighted by Gasteiger charge is 2.31. The lowest BCUT2D eigenvalue weighted by atomic mass is 9.77. The minimum absolute atomic E-state index is 0.0385. The van der Waals surface area contributed by atoms with Gasteiger partial charge in [0.25, 0.3) is 0 Å². The minimum Gasteiger partial charge on any atom is -0.387 e.